The van der Waals surface area contributed by atoms with Crippen molar-refractivity contribution >= 4 is 41.8 Å². The number of nitrogens with one attached hydrogen (secondary N) is 2. The molecule has 2 bridgehead atoms. The van der Waals surface area contributed by atoms with Gasteiger partial charge in [-0.25, -0.2) is 0 Å². The molecule has 1 saturated heterocycles. The Morgan fingerprint density at radius 3 is 2.38 bits per heavy atom. The SMILES string of the molecule is CCC(CNC(=NC)NCCCN1C(=O)C2C3C=CC(C3)C2C1=O)Oc1ccccc1.I. The third kappa shape index (κ3) is 5.10. The molecule has 32 heavy (non-hydrogen) atoms. The van der Waals surface area contributed by atoms with Crippen molar-refractivity contribution in [3.8, 4) is 5.75 Å². The van der Waals surface area contributed by atoms with E-state index in [9.17, 15) is 9.59 Å². The third-order valence-corrected chi connectivity index (χ3v) is 6.63. The molecule has 0 spiro atoms. The van der Waals surface area contributed by atoms with E-state index in [0.29, 0.717) is 32.0 Å². The minimum absolute atomic E-state index is 0. The van der Waals surface area contributed by atoms with Crippen molar-refractivity contribution in [3.05, 3.63) is 42.5 Å². The van der Waals surface area contributed by atoms with Gasteiger partial charge in [0.15, 0.2) is 5.96 Å². The fourth-order valence-electron chi connectivity index (χ4n) is 5.02. The predicted octanol–water partition coefficient (Wildman–Crippen LogP) is 2.82. The van der Waals surface area contributed by atoms with Gasteiger partial charge in [-0.15, -0.1) is 24.0 Å². The number of imide groups is 1. The first-order chi connectivity index (χ1) is 15.1. The molecule has 1 saturated carbocycles. The average molecular weight is 552 g/mol. The number of fused-ring (bicyclic) bond motifs is 5. The Balaban J connectivity index is 0.00000289. The number of nitrogens with zero attached hydrogens (tertiary/aromatic N) is 2. The highest BCUT2D eigenvalue weighted by Crippen LogP contribution is 2.52. The smallest absolute Gasteiger partial charge is 0.233 e. The molecule has 7 nitrogen and oxygen atoms in total. The highest BCUT2D eigenvalue weighted by atomic mass is 127. The Bertz CT molecular complexity index is 830. The molecule has 1 heterocycles. The normalized spacial score (nSPS) is 26.7. The highest BCUT2D eigenvalue weighted by molar-refractivity contribution is 14.0. The van der Waals surface area contributed by atoms with Crippen LogP contribution in [0.1, 0.15) is 26.2 Å². The molecule has 0 aromatic heterocycles. The van der Waals surface area contributed by atoms with Crippen LogP contribution in [0.4, 0.5) is 0 Å². The summed E-state index contributed by atoms with van der Waals surface area (Å²) < 4.78 is 6.00. The lowest BCUT2D eigenvalue weighted by Gasteiger charge is -2.20. The summed E-state index contributed by atoms with van der Waals surface area (Å²) in [5.74, 6) is 1.91. The van der Waals surface area contributed by atoms with Crippen LogP contribution in [0.5, 0.6) is 5.75 Å². The molecule has 2 N–H and O–H groups in total. The summed E-state index contributed by atoms with van der Waals surface area (Å²) in [6.07, 6.45) is 6.82. The number of hydrogen-bond donors (Lipinski definition) is 2. The van der Waals surface area contributed by atoms with Gasteiger partial charge < -0.3 is 15.4 Å². The Kier molecular flexibility index (Phi) is 8.56. The van der Waals surface area contributed by atoms with Crippen LogP contribution in [-0.4, -0.2) is 55.5 Å². The van der Waals surface area contributed by atoms with Gasteiger partial charge in [-0.1, -0.05) is 37.3 Å². The molecule has 1 aromatic carbocycles. The molecule has 2 fully saturated rings. The average Bonchev–Trinajstić information content (AvgIpc) is 3.47. The van der Waals surface area contributed by atoms with Gasteiger partial charge in [-0.2, -0.15) is 0 Å². The summed E-state index contributed by atoms with van der Waals surface area (Å²) >= 11 is 0. The first kappa shape index (κ1) is 24.5. The van der Waals surface area contributed by atoms with Gasteiger partial charge >= 0.3 is 0 Å². The van der Waals surface area contributed by atoms with Crippen LogP contribution in [0.2, 0.25) is 0 Å². The molecule has 8 heteroatoms. The minimum atomic E-state index is -0.111. The number of allylic oxidation sites excluding steroid dienone is 2. The topological polar surface area (TPSA) is 83.0 Å². The van der Waals surface area contributed by atoms with E-state index in [0.717, 1.165) is 18.6 Å². The fourth-order valence-corrected chi connectivity index (χ4v) is 5.02. The fraction of sp³-hybridized carbons (Fsp3) is 0.542. The van der Waals surface area contributed by atoms with Gasteiger partial charge in [-0.3, -0.25) is 19.5 Å². The largest absolute Gasteiger partial charge is 0.489 e. The third-order valence-electron chi connectivity index (χ3n) is 6.63. The molecule has 4 rings (SSSR count). The summed E-state index contributed by atoms with van der Waals surface area (Å²) in [6, 6.07) is 9.79. The maximum atomic E-state index is 12.7. The zero-order valence-electron chi connectivity index (χ0n) is 18.7. The Labute approximate surface area is 207 Å². The maximum Gasteiger partial charge on any atom is 0.233 e. The number of ether oxygens (including phenoxy) is 1. The van der Waals surface area contributed by atoms with Crippen molar-refractivity contribution in [2.75, 3.05) is 26.7 Å². The monoisotopic (exact) mass is 552 g/mol. The summed E-state index contributed by atoms with van der Waals surface area (Å²) in [4.78, 5) is 31.2. The number of benzene rings is 1. The van der Waals surface area contributed by atoms with E-state index in [4.69, 9.17) is 4.74 Å². The van der Waals surface area contributed by atoms with Crippen LogP contribution >= 0.6 is 24.0 Å². The second-order valence-electron chi connectivity index (χ2n) is 8.52. The minimum Gasteiger partial charge on any atom is -0.489 e. The Morgan fingerprint density at radius 1 is 1.12 bits per heavy atom. The molecule has 1 aromatic rings. The molecular formula is C24H33IN4O3. The van der Waals surface area contributed by atoms with Crippen LogP contribution in [0.25, 0.3) is 0 Å². The number of rotatable bonds is 9. The molecule has 5 unspecified atom stereocenters. The van der Waals surface area contributed by atoms with E-state index < -0.39 is 0 Å². The number of hydrogen-bond acceptors (Lipinski definition) is 4. The number of halogens is 1. The van der Waals surface area contributed by atoms with Gasteiger partial charge in [-0.05, 0) is 43.2 Å². The van der Waals surface area contributed by atoms with Gasteiger partial charge in [0.2, 0.25) is 11.8 Å². The Morgan fingerprint density at radius 2 is 1.78 bits per heavy atom. The molecule has 3 aliphatic rings. The van der Waals surface area contributed by atoms with E-state index in [1.54, 1.807) is 7.05 Å². The van der Waals surface area contributed by atoms with E-state index in [1.807, 2.05) is 30.3 Å². The molecule has 174 valence electrons. The van der Waals surface area contributed by atoms with E-state index >= 15 is 0 Å². The van der Waals surface area contributed by atoms with Gasteiger partial charge in [0.25, 0.3) is 0 Å². The number of para-hydroxylation sites is 1. The van der Waals surface area contributed by atoms with E-state index in [1.165, 1.54) is 4.90 Å². The lowest BCUT2D eigenvalue weighted by molar-refractivity contribution is -0.140. The van der Waals surface area contributed by atoms with Crippen LogP contribution in [0, 0.1) is 23.7 Å². The lowest BCUT2D eigenvalue weighted by atomic mass is 9.85. The molecule has 0 radical (unpaired) electrons. The molecule has 2 amide bonds. The molecule has 1 aliphatic heterocycles. The second kappa shape index (κ2) is 11.2. The van der Waals surface area contributed by atoms with Crippen LogP contribution in [0.3, 0.4) is 0 Å². The highest BCUT2D eigenvalue weighted by Gasteiger charge is 2.58. The van der Waals surface area contributed by atoms with Crippen LogP contribution < -0.4 is 15.4 Å². The van der Waals surface area contributed by atoms with Crippen molar-refractivity contribution < 1.29 is 14.3 Å². The maximum absolute atomic E-state index is 12.7. The second-order valence-corrected chi connectivity index (χ2v) is 8.52. The first-order valence-corrected chi connectivity index (χ1v) is 11.3. The van der Waals surface area contributed by atoms with Crippen LogP contribution in [-0.2, 0) is 9.59 Å². The van der Waals surface area contributed by atoms with Gasteiger partial charge in [0.1, 0.15) is 11.9 Å². The quantitative estimate of drug-likeness (QED) is 0.123. The summed E-state index contributed by atoms with van der Waals surface area (Å²) in [5.41, 5.74) is 0. The van der Waals surface area contributed by atoms with Gasteiger partial charge in [0, 0.05) is 20.1 Å². The number of amides is 2. The summed E-state index contributed by atoms with van der Waals surface area (Å²) in [7, 11) is 1.73. The molecule has 2 aliphatic carbocycles. The summed E-state index contributed by atoms with van der Waals surface area (Å²) in [6.45, 7) is 3.82. The lowest BCUT2D eigenvalue weighted by Crippen LogP contribution is -2.43. The predicted molar refractivity (Wildman–Crippen MR) is 135 cm³/mol. The Hall–Kier alpha value is -2.10. The van der Waals surface area contributed by atoms with Crippen LogP contribution in [0.15, 0.2) is 47.5 Å². The zero-order chi connectivity index (χ0) is 21.8. The summed E-state index contributed by atoms with van der Waals surface area (Å²) in [5, 5.41) is 6.57. The van der Waals surface area contributed by atoms with Crippen molar-refractivity contribution in [1.29, 1.82) is 0 Å². The van der Waals surface area contributed by atoms with Gasteiger partial charge in [0.05, 0.1) is 18.4 Å². The zero-order valence-corrected chi connectivity index (χ0v) is 21.0. The standard InChI is InChI=1S/C24H32N4O3.HI/c1-3-18(31-19-8-5-4-6-9-19)15-27-24(25-2)26-12-7-13-28-22(29)20-16-10-11-17(14-16)21(20)23(28)30;/h4-6,8-11,16-18,20-21H,3,7,12-15H2,1-2H3,(H2,25,26,27);1H. The number of likely N-dealkylation sites (tertiary alicyclic amines) is 1. The van der Waals surface area contributed by atoms with Crippen molar-refractivity contribution in [3.63, 3.8) is 0 Å². The number of carbonyl (C=O) groups is 2. The van der Waals surface area contributed by atoms with E-state index in [-0.39, 0.29) is 65.6 Å². The van der Waals surface area contributed by atoms with Crippen molar-refractivity contribution in [2.45, 2.75) is 32.3 Å². The first-order valence-electron chi connectivity index (χ1n) is 11.3. The van der Waals surface area contributed by atoms with Crippen molar-refractivity contribution in [2.24, 2.45) is 28.7 Å². The number of aliphatic imine (C=N–C) groups is 1. The van der Waals surface area contributed by atoms with E-state index in [2.05, 4.69) is 34.7 Å². The number of carbonyl (C=O) groups excluding carboxylic acids is 2. The number of guanidine groups is 1. The molecular weight excluding hydrogens is 519 g/mol. The van der Waals surface area contributed by atoms with Crippen molar-refractivity contribution in [1.82, 2.24) is 15.5 Å². The molecule has 5 atom stereocenters.